The standard InChI is InChI=1S/C12H10Cl2N2O3/c13-6-1-7(14)3-8(2-6)16-11(18)10-4-9(17)5-15(10)12(16)19/h1-3,9-10,17H,4-5H2/t9-,10?/m0/s1. The highest BCUT2D eigenvalue weighted by Gasteiger charge is 2.50. The van der Waals surface area contributed by atoms with Gasteiger partial charge in [-0.1, -0.05) is 23.2 Å². The van der Waals surface area contributed by atoms with E-state index in [0.717, 1.165) is 4.90 Å². The molecule has 7 heteroatoms. The zero-order chi connectivity index (χ0) is 13.7. The number of hydrogen-bond acceptors (Lipinski definition) is 3. The Morgan fingerprint density at radius 3 is 2.37 bits per heavy atom. The Labute approximate surface area is 119 Å². The van der Waals surface area contributed by atoms with Crippen molar-refractivity contribution < 1.29 is 14.7 Å². The molecule has 2 saturated heterocycles. The van der Waals surface area contributed by atoms with Crippen LogP contribution in [0.1, 0.15) is 6.42 Å². The van der Waals surface area contributed by atoms with Gasteiger partial charge in [0.1, 0.15) is 6.04 Å². The van der Waals surface area contributed by atoms with Gasteiger partial charge in [-0.25, -0.2) is 9.69 Å². The van der Waals surface area contributed by atoms with Crippen molar-refractivity contribution >= 4 is 40.8 Å². The maximum atomic E-state index is 12.2. The number of imide groups is 1. The molecule has 2 atom stereocenters. The number of carbonyl (C=O) groups excluding carboxylic acids is 2. The van der Waals surface area contributed by atoms with Crippen LogP contribution in [-0.2, 0) is 4.79 Å². The average Bonchev–Trinajstić information content (AvgIpc) is 2.78. The quantitative estimate of drug-likeness (QED) is 0.806. The summed E-state index contributed by atoms with van der Waals surface area (Å²) >= 11 is 11.8. The van der Waals surface area contributed by atoms with Gasteiger partial charge in [-0.3, -0.25) is 4.79 Å². The molecule has 1 N–H and O–H groups in total. The zero-order valence-electron chi connectivity index (χ0n) is 9.72. The lowest BCUT2D eigenvalue weighted by atomic mass is 10.2. The van der Waals surface area contributed by atoms with Gasteiger partial charge in [0, 0.05) is 23.0 Å². The fourth-order valence-electron chi connectivity index (χ4n) is 2.54. The van der Waals surface area contributed by atoms with Crippen LogP contribution in [0.2, 0.25) is 10.0 Å². The smallest absolute Gasteiger partial charge is 0.332 e. The number of benzene rings is 1. The maximum Gasteiger partial charge on any atom is 0.332 e. The van der Waals surface area contributed by atoms with Gasteiger partial charge in [0.15, 0.2) is 0 Å². The predicted octanol–water partition coefficient (Wildman–Crippen LogP) is 1.90. The van der Waals surface area contributed by atoms with E-state index in [9.17, 15) is 14.7 Å². The summed E-state index contributed by atoms with van der Waals surface area (Å²) in [6.45, 7) is 0.181. The Morgan fingerprint density at radius 2 is 1.79 bits per heavy atom. The lowest BCUT2D eigenvalue weighted by Crippen LogP contribution is -2.35. The molecule has 0 aliphatic carbocycles. The van der Waals surface area contributed by atoms with Gasteiger partial charge < -0.3 is 10.0 Å². The van der Waals surface area contributed by atoms with Gasteiger partial charge in [-0.2, -0.15) is 0 Å². The van der Waals surface area contributed by atoms with Crippen molar-refractivity contribution in [2.24, 2.45) is 0 Å². The van der Waals surface area contributed by atoms with Crippen LogP contribution < -0.4 is 4.90 Å². The van der Waals surface area contributed by atoms with Gasteiger partial charge in [0.25, 0.3) is 5.91 Å². The molecule has 0 radical (unpaired) electrons. The normalized spacial score (nSPS) is 26.3. The molecule has 100 valence electrons. The number of nitrogens with zero attached hydrogens (tertiary/aromatic N) is 2. The second-order valence-electron chi connectivity index (χ2n) is 4.64. The van der Waals surface area contributed by atoms with Crippen LogP contribution in [0.25, 0.3) is 0 Å². The van der Waals surface area contributed by atoms with Crippen LogP contribution in [0.4, 0.5) is 10.5 Å². The van der Waals surface area contributed by atoms with E-state index >= 15 is 0 Å². The third-order valence-corrected chi connectivity index (χ3v) is 3.76. The van der Waals surface area contributed by atoms with Gasteiger partial charge >= 0.3 is 6.03 Å². The van der Waals surface area contributed by atoms with E-state index in [4.69, 9.17) is 23.2 Å². The van der Waals surface area contributed by atoms with E-state index in [1.165, 1.54) is 23.1 Å². The summed E-state index contributed by atoms with van der Waals surface area (Å²) in [6, 6.07) is 3.54. The number of halogens is 2. The second kappa shape index (κ2) is 4.37. The molecule has 0 saturated carbocycles. The number of carbonyl (C=O) groups is 2. The molecule has 3 rings (SSSR count). The van der Waals surface area contributed by atoms with Crippen molar-refractivity contribution in [1.82, 2.24) is 4.90 Å². The first-order valence-corrected chi connectivity index (χ1v) is 6.51. The molecule has 1 aromatic rings. The van der Waals surface area contributed by atoms with Crippen molar-refractivity contribution in [2.75, 3.05) is 11.4 Å². The summed E-state index contributed by atoms with van der Waals surface area (Å²) in [5, 5.41) is 10.2. The molecule has 2 aliphatic heterocycles. The summed E-state index contributed by atoms with van der Waals surface area (Å²) in [7, 11) is 0. The SMILES string of the molecule is O=C1C2C[C@H](O)CN2C(=O)N1c1cc(Cl)cc(Cl)c1. The van der Waals surface area contributed by atoms with Gasteiger partial charge in [0.2, 0.25) is 0 Å². The third kappa shape index (κ3) is 1.98. The minimum absolute atomic E-state index is 0.181. The summed E-state index contributed by atoms with van der Waals surface area (Å²) < 4.78 is 0. The van der Waals surface area contributed by atoms with Crippen LogP contribution in [0.5, 0.6) is 0 Å². The minimum atomic E-state index is -0.636. The molecule has 2 aliphatic rings. The maximum absolute atomic E-state index is 12.2. The van der Waals surface area contributed by atoms with Crippen LogP contribution in [0.15, 0.2) is 18.2 Å². The van der Waals surface area contributed by atoms with E-state index in [1.807, 2.05) is 0 Å². The molecule has 19 heavy (non-hydrogen) atoms. The summed E-state index contributed by atoms with van der Waals surface area (Å²) in [5.74, 6) is -0.347. The number of anilines is 1. The number of hydrogen-bond donors (Lipinski definition) is 1. The number of fused-ring (bicyclic) bond motifs is 1. The van der Waals surface area contributed by atoms with Crippen molar-refractivity contribution in [1.29, 1.82) is 0 Å². The lowest BCUT2D eigenvalue weighted by Gasteiger charge is -2.16. The van der Waals surface area contributed by atoms with E-state index in [0.29, 0.717) is 15.7 Å². The molecule has 1 aromatic carbocycles. The second-order valence-corrected chi connectivity index (χ2v) is 5.51. The van der Waals surface area contributed by atoms with Crippen LogP contribution >= 0.6 is 23.2 Å². The minimum Gasteiger partial charge on any atom is -0.391 e. The largest absolute Gasteiger partial charge is 0.391 e. The van der Waals surface area contributed by atoms with E-state index < -0.39 is 18.2 Å². The van der Waals surface area contributed by atoms with Gasteiger partial charge in [-0.05, 0) is 18.2 Å². The van der Waals surface area contributed by atoms with Gasteiger partial charge in [0.05, 0.1) is 11.8 Å². The van der Waals surface area contributed by atoms with E-state index in [1.54, 1.807) is 0 Å². The number of aliphatic hydroxyl groups excluding tert-OH is 1. The molecule has 2 fully saturated rings. The Bertz CT molecular complexity index is 534. The first kappa shape index (κ1) is 12.7. The lowest BCUT2D eigenvalue weighted by molar-refractivity contribution is -0.119. The molecule has 1 unspecified atom stereocenters. The highest BCUT2D eigenvalue weighted by Crippen LogP contribution is 2.34. The average molecular weight is 301 g/mol. The zero-order valence-corrected chi connectivity index (χ0v) is 11.2. The number of amides is 3. The molecular formula is C12H10Cl2N2O3. The van der Waals surface area contributed by atoms with Crippen molar-refractivity contribution in [3.63, 3.8) is 0 Å². The van der Waals surface area contributed by atoms with Crippen LogP contribution in [0, 0.1) is 0 Å². The Hall–Kier alpha value is -1.30. The number of aliphatic hydroxyl groups is 1. The van der Waals surface area contributed by atoms with E-state index in [-0.39, 0.29) is 18.9 Å². The number of rotatable bonds is 1. The van der Waals surface area contributed by atoms with E-state index in [2.05, 4.69) is 0 Å². The molecule has 2 heterocycles. The first-order chi connectivity index (χ1) is 8.97. The molecule has 5 nitrogen and oxygen atoms in total. The van der Waals surface area contributed by atoms with Crippen LogP contribution in [-0.4, -0.2) is 40.6 Å². The highest BCUT2D eigenvalue weighted by molar-refractivity contribution is 6.35. The summed E-state index contributed by atoms with van der Waals surface area (Å²) in [5.41, 5.74) is 0.358. The van der Waals surface area contributed by atoms with Crippen LogP contribution in [0.3, 0.4) is 0 Å². The van der Waals surface area contributed by atoms with Crippen molar-refractivity contribution in [3.8, 4) is 0 Å². The molecular weight excluding hydrogens is 291 g/mol. The Morgan fingerprint density at radius 1 is 1.16 bits per heavy atom. The monoisotopic (exact) mass is 300 g/mol. The molecule has 0 aromatic heterocycles. The Balaban J connectivity index is 1.98. The fraction of sp³-hybridized carbons (Fsp3) is 0.333. The predicted molar refractivity (Wildman–Crippen MR) is 70.5 cm³/mol. The first-order valence-electron chi connectivity index (χ1n) is 5.76. The van der Waals surface area contributed by atoms with Crippen molar-refractivity contribution in [3.05, 3.63) is 28.2 Å². The van der Waals surface area contributed by atoms with Crippen molar-refractivity contribution in [2.45, 2.75) is 18.6 Å². The summed E-state index contributed by atoms with van der Waals surface area (Å²) in [6.07, 6.45) is -0.363. The topological polar surface area (TPSA) is 60.9 Å². The molecule has 0 spiro atoms. The summed E-state index contributed by atoms with van der Waals surface area (Å²) in [4.78, 5) is 26.9. The third-order valence-electron chi connectivity index (χ3n) is 3.33. The van der Waals surface area contributed by atoms with Gasteiger partial charge in [-0.15, -0.1) is 0 Å². The Kier molecular flexibility index (Phi) is 2.92. The number of urea groups is 1. The highest BCUT2D eigenvalue weighted by atomic mass is 35.5. The molecule has 3 amide bonds. The fourth-order valence-corrected chi connectivity index (χ4v) is 3.05. The molecule has 0 bridgehead atoms.